The van der Waals surface area contributed by atoms with Gasteiger partial charge in [0, 0.05) is 31.9 Å². The first-order valence-corrected chi connectivity index (χ1v) is 6.08. The van der Waals surface area contributed by atoms with Gasteiger partial charge in [0.25, 0.3) is 0 Å². The number of rotatable bonds is 1. The number of halogens is 1. The van der Waals surface area contributed by atoms with Crippen LogP contribution < -0.4 is 10.2 Å². The molecule has 100 valence electrons. The van der Waals surface area contributed by atoms with Crippen LogP contribution in [0.2, 0.25) is 0 Å². The summed E-state index contributed by atoms with van der Waals surface area (Å²) in [5, 5.41) is 12.2. The first-order chi connectivity index (χ1) is 8.79. The van der Waals surface area contributed by atoms with Gasteiger partial charge in [-0.05, 0) is 18.2 Å². The molecular formula is C13H15ClN4O. The van der Waals surface area contributed by atoms with Crippen LogP contribution in [-0.4, -0.2) is 43.2 Å². The highest BCUT2D eigenvalue weighted by molar-refractivity contribution is 5.95. The fourth-order valence-corrected chi connectivity index (χ4v) is 2.58. The summed E-state index contributed by atoms with van der Waals surface area (Å²) in [6, 6.07) is 9.62. The lowest BCUT2D eigenvalue weighted by Gasteiger charge is -2.28. The van der Waals surface area contributed by atoms with Crippen molar-refractivity contribution in [2.75, 3.05) is 31.1 Å². The Balaban J connectivity index is 0.00000133. The number of piperazine rings is 1. The number of benzene rings is 1. The number of nitriles is 1. The summed E-state index contributed by atoms with van der Waals surface area (Å²) < 4.78 is 0. The van der Waals surface area contributed by atoms with Crippen LogP contribution in [0.1, 0.15) is 5.56 Å². The predicted molar refractivity (Wildman–Crippen MR) is 74.5 cm³/mol. The molecule has 5 nitrogen and oxygen atoms in total. The number of hydrogen-bond donors (Lipinski definition) is 1. The van der Waals surface area contributed by atoms with Crippen LogP contribution in [-0.2, 0) is 0 Å². The zero-order chi connectivity index (χ0) is 12.5. The Morgan fingerprint density at radius 2 is 2.26 bits per heavy atom. The quantitative estimate of drug-likeness (QED) is 0.840. The Morgan fingerprint density at radius 3 is 3.00 bits per heavy atom. The number of anilines is 1. The van der Waals surface area contributed by atoms with Gasteiger partial charge in [-0.2, -0.15) is 5.26 Å². The predicted octanol–water partition coefficient (Wildman–Crippen LogP) is 1.19. The fourth-order valence-electron chi connectivity index (χ4n) is 2.58. The number of nitrogens with one attached hydrogen (secondary N) is 1. The van der Waals surface area contributed by atoms with E-state index in [0.29, 0.717) is 12.1 Å². The van der Waals surface area contributed by atoms with Gasteiger partial charge in [-0.15, -0.1) is 12.4 Å². The molecule has 2 fully saturated rings. The molecule has 0 saturated carbocycles. The molecule has 0 bridgehead atoms. The SMILES string of the molecule is Cl.N#Cc1cccc(N2CC3CNCCN3C2=O)c1. The fraction of sp³-hybridized carbons (Fsp3) is 0.385. The number of carbonyl (C=O) groups excluding carboxylic acids is 1. The first-order valence-electron chi connectivity index (χ1n) is 6.08. The molecule has 1 N–H and O–H groups in total. The van der Waals surface area contributed by atoms with E-state index < -0.39 is 0 Å². The van der Waals surface area contributed by atoms with Crippen molar-refractivity contribution in [1.82, 2.24) is 10.2 Å². The number of fused-ring (bicyclic) bond motifs is 1. The smallest absolute Gasteiger partial charge is 0.317 e. The van der Waals surface area contributed by atoms with Crippen molar-refractivity contribution < 1.29 is 4.79 Å². The summed E-state index contributed by atoms with van der Waals surface area (Å²) >= 11 is 0. The summed E-state index contributed by atoms with van der Waals surface area (Å²) in [6.45, 7) is 3.16. The normalized spacial score (nSPS) is 21.6. The molecule has 1 atom stereocenters. The second kappa shape index (κ2) is 5.47. The molecule has 3 rings (SSSR count). The standard InChI is InChI=1S/C13H14N4O.ClH/c14-7-10-2-1-3-11(6-10)17-9-12-8-15-4-5-16(12)13(17)18;/h1-3,6,12,15H,4-5,8-9H2;1H. The molecule has 2 aliphatic rings. The van der Waals surface area contributed by atoms with Gasteiger partial charge >= 0.3 is 6.03 Å². The molecule has 2 amide bonds. The minimum Gasteiger partial charge on any atom is -0.317 e. The number of hydrogen-bond acceptors (Lipinski definition) is 3. The Morgan fingerprint density at radius 1 is 1.42 bits per heavy atom. The zero-order valence-electron chi connectivity index (χ0n) is 10.4. The topological polar surface area (TPSA) is 59.4 Å². The van der Waals surface area contributed by atoms with Gasteiger partial charge in [0.2, 0.25) is 0 Å². The average molecular weight is 279 g/mol. The van der Waals surface area contributed by atoms with Crippen molar-refractivity contribution in [3.05, 3.63) is 29.8 Å². The molecule has 2 heterocycles. The molecule has 19 heavy (non-hydrogen) atoms. The summed E-state index contributed by atoms with van der Waals surface area (Å²) in [6.07, 6.45) is 0. The van der Waals surface area contributed by atoms with Crippen molar-refractivity contribution in [3.63, 3.8) is 0 Å². The molecule has 0 radical (unpaired) electrons. The van der Waals surface area contributed by atoms with Crippen LogP contribution in [0, 0.1) is 11.3 Å². The molecule has 0 aliphatic carbocycles. The van der Waals surface area contributed by atoms with E-state index in [0.717, 1.165) is 25.3 Å². The van der Waals surface area contributed by atoms with Crippen molar-refractivity contribution in [3.8, 4) is 6.07 Å². The summed E-state index contributed by atoms with van der Waals surface area (Å²) in [7, 11) is 0. The number of amides is 2. The van der Waals surface area contributed by atoms with E-state index in [1.807, 2.05) is 17.0 Å². The zero-order valence-corrected chi connectivity index (χ0v) is 11.2. The van der Waals surface area contributed by atoms with Crippen LogP contribution in [0.3, 0.4) is 0 Å². The van der Waals surface area contributed by atoms with E-state index in [9.17, 15) is 4.79 Å². The molecule has 0 aromatic heterocycles. The van der Waals surface area contributed by atoms with Crippen molar-refractivity contribution in [2.24, 2.45) is 0 Å². The largest absolute Gasteiger partial charge is 0.324 e. The van der Waals surface area contributed by atoms with Gasteiger partial charge in [0.05, 0.1) is 17.7 Å². The van der Waals surface area contributed by atoms with Crippen molar-refractivity contribution in [2.45, 2.75) is 6.04 Å². The molecule has 2 aliphatic heterocycles. The van der Waals surface area contributed by atoms with Gasteiger partial charge in [-0.3, -0.25) is 4.90 Å². The summed E-state index contributed by atoms with van der Waals surface area (Å²) in [5.41, 5.74) is 1.40. The van der Waals surface area contributed by atoms with Crippen LogP contribution in [0.15, 0.2) is 24.3 Å². The number of carbonyl (C=O) groups is 1. The maximum absolute atomic E-state index is 12.3. The van der Waals surface area contributed by atoms with E-state index in [-0.39, 0.29) is 24.5 Å². The van der Waals surface area contributed by atoms with E-state index >= 15 is 0 Å². The molecule has 1 unspecified atom stereocenters. The van der Waals surface area contributed by atoms with Crippen LogP contribution >= 0.6 is 12.4 Å². The highest BCUT2D eigenvalue weighted by atomic mass is 35.5. The first kappa shape index (κ1) is 13.7. The van der Waals surface area contributed by atoms with Gasteiger partial charge in [-0.1, -0.05) is 6.07 Å². The maximum Gasteiger partial charge on any atom is 0.324 e. The molecule has 2 saturated heterocycles. The molecule has 6 heteroatoms. The second-order valence-corrected chi connectivity index (χ2v) is 4.61. The Hall–Kier alpha value is -1.77. The van der Waals surface area contributed by atoms with Crippen molar-refractivity contribution in [1.29, 1.82) is 5.26 Å². The third-order valence-corrected chi connectivity index (χ3v) is 3.51. The van der Waals surface area contributed by atoms with Gasteiger partial charge in [0.15, 0.2) is 0 Å². The monoisotopic (exact) mass is 278 g/mol. The van der Waals surface area contributed by atoms with Gasteiger partial charge in [-0.25, -0.2) is 4.79 Å². The Kier molecular flexibility index (Phi) is 3.93. The Bertz CT molecular complexity index is 528. The van der Waals surface area contributed by atoms with Gasteiger partial charge < -0.3 is 10.2 Å². The van der Waals surface area contributed by atoms with E-state index in [2.05, 4.69) is 11.4 Å². The van der Waals surface area contributed by atoms with Gasteiger partial charge in [0.1, 0.15) is 0 Å². The molecule has 1 aromatic carbocycles. The lowest BCUT2D eigenvalue weighted by molar-refractivity contribution is 0.193. The van der Waals surface area contributed by atoms with Crippen LogP contribution in [0.5, 0.6) is 0 Å². The van der Waals surface area contributed by atoms with E-state index in [1.54, 1.807) is 17.0 Å². The molecular weight excluding hydrogens is 264 g/mol. The third kappa shape index (κ3) is 2.37. The second-order valence-electron chi connectivity index (χ2n) is 4.61. The minimum atomic E-state index is 0. The van der Waals surface area contributed by atoms with E-state index in [4.69, 9.17) is 5.26 Å². The highest BCUT2D eigenvalue weighted by Crippen LogP contribution is 2.25. The Labute approximate surface area is 118 Å². The van der Waals surface area contributed by atoms with Crippen LogP contribution in [0.25, 0.3) is 0 Å². The van der Waals surface area contributed by atoms with E-state index in [1.165, 1.54) is 0 Å². The molecule has 1 aromatic rings. The lowest BCUT2D eigenvalue weighted by atomic mass is 10.2. The highest BCUT2D eigenvalue weighted by Gasteiger charge is 2.38. The van der Waals surface area contributed by atoms with Crippen molar-refractivity contribution >= 4 is 24.1 Å². The van der Waals surface area contributed by atoms with Crippen LogP contribution in [0.4, 0.5) is 10.5 Å². The molecule has 0 spiro atoms. The number of urea groups is 1. The average Bonchev–Trinajstić information content (AvgIpc) is 2.77. The minimum absolute atomic E-state index is 0. The lowest BCUT2D eigenvalue weighted by Crippen LogP contribution is -2.49. The summed E-state index contributed by atoms with van der Waals surface area (Å²) in [5.74, 6) is 0. The maximum atomic E-state index is 12.3. The summed E-state index contributed by atoms with van der Waals surface area (Å²) in [4.78, 5) is 16.0. The third-order valence-electron chi connectivity index (χ3n) is 3.51. The number of nitrogens with zero attached hydrogens (tertiary/aromatic N) is 3.